The summed E-state index contributed by atoms with van der Waals surface area (Å²) >= 11 is 1.42. The summed E-state index contributed by atoms with van der Waals surface area (Å²) in [5, 5.41) is 5.51. The fraction of sp³-hybridized carbons (Fsp3) is 0.280. The van der Waals surface area contributed by atoms with E-state index >= 15 is 0 Å². The third-order valence-corrected chi connectivity index (χ3v) is 8.88. The molecule has 1 aliphatic heterocycles. The molecular formula is C25H25N3O3S2. The van der Waals surface area contributed by atoms with Crippen LogP contribution in [-0.4, -0.2) is 36.7 Å². The molecule has 33 heavy (non-hydrogen) atoms. The van der Waals surface area contributed by atoms with Gasteiger partial charge in [-0.2, -0.15) is 4.31 Å². The zero-order valence-corrected chi connectivity index (χ0v) is 20.1. The Labute approximate surface area is 197 Å². The van der Waals surface area contributed by atoms with Crippen LogP contribution in [0.3, 0.4) is 0 Å². The molecule has 1 aliphatic rings. The van der Waals surface area contributed by atoms with Gasteiger partial charge in [0.25, 0.3) is 5.91 Å². The predicted molar refractivity (Wildman–Crippen MR) is 133 cm³/mol. The number of anilines is 1. The quantitative estimate of drug-likeness (QED) is 0.427. The molecule has 1 amide bonds. The van der Waals surface area contributed by atoms with Crippen LogP contribution >= 0.6 is 11.3 Å². The summed E-state index contributed by atoms with van der Waals surface area (Å²) in [7, 11) is -3.58. The van der Waals surface area contributed by atoms with E-state index in [1.807, 2.05) is 36.4 Å². The number of nitrogens with one attached hydrogen (secondary N) is 1. The van der Waals surface area contributed by atoms with E-state index in [0.717, 1.165) is 27.4 Å². The monoisotopic (exact) mass is 479 g/mol. The van der Waals surface area contributed by atoms with Crippen LogP contribution in [0.1, 0.15) is 30.6 Å². The first-order valence-electron chi connectivity index (χ1n) is 11.0. The van der Waals surface area contributed by atoms with Crippen molar-refractivity contribution < 1.29 is 13.2 Å². The second-order valence-electron chi connectivity index (χ2n) is 8.90. The standard InChI is InChI=1S/C25H25N3O3S2/c1-16-13-17(2)15-28(14-16)33(30,31)20-10-7-19(8-11-20)24(29)27-25-26-23-21-6-4-3-5-18(21)9-12-22(23)32-25/h3-12,16-17H,13-15H2,1-2H3,(H,26,27,29)/t16-,17-/m0/s1. The van der Waals surface area contributed by atoms with Gasteiger partial charge in [-0.3, -0.25) is 10.1 Å². The van der Waals surface area contributed by atoms with E-state index in [4.69, 9.17) is 0 Å². The molecule has 1 saturated heterocycles. The van der Waals surface area contributed by atoms with Gasteiger partial charge in [0, 0.05) is 24.0 Å². The van der Waals surface area contributed by atoms with Crippen LogP contribution in [0.25, 0.3) is 21.0 Å². The molecule has 0 bridgehead atoms. The Balaban J connectivity index is 1.35. The van der Waals surface area contributed by atoms with Gasteiger partial charge in [0.2, 0.25) is 10.0 Å². The van der Waals surface area contributed by atoms with Crippen molar-refractivity contribution in [2.75, 3.05) is 18.4 Å². The van der Waals surface area contributed by atoms with Crippen molar-refractivity contribution in [3.05, 3.63) is 66.2 Å². The van der Waals surface area contributed by atoms with Gasteiger partial charge in [-0.15, -0.1) is 0 Å². The number of rotatable bonds is 4. The Hall–Kier alpha value is -2.81. The molecule has 0 unspecified atom stereocenters. The number of hydrogen-bond acceptors (Lipinski definition) is 5. The molecular weight excluding hydrogens is 454 g/mol. The van der Waals surface area contributed by atoms with Gasteiger partial charge >= 0.3 is 0 Å². The zero-order chi connectivity index (χ0) is 23.2. The van der Waals surface area contributed by atoms with Gasteiger partial charge in [-0.25, -0.2) is 13.4 Å². The predicted octanol–water partition coefficient (Wildman–Crippen LogP) is 5.37. The molecule has 0 aliphatic carbocycles. The number of carbonyl (C=O) groups is 1. The van der Waals surface area contributed by atoms with Crippen molar-refractivity contribution in [2.24, 2.45) is 11.8 Å². The van der Waals surface area contributed by atoms with Crippen molar-refractivity contribution in [2.45, 2.75) is 25.2 Å². The molecule has 0 spiro atoms. The Morgan fingerprint density at radius 3 is 2.42 bits per heavy atom. The van der Waals surface area contributed by atoms with Crippen LogP contribution in [0.5, 0.6) is 0 Å². The van der Waals surface area contributed by atoms with Gasteiger partial charge in [0.1, 0.15) is 0 Å². The Bertz CT molecular complexity index is 1440. The molecule has 2 heterocycles. The van der Waals surface area contributed by atoms with Crippen LogP contribution in [0.2, 0.25) is 0 Å². The first-order chi connectivity index (χ1) is 15.8. The molecule has 2 atom stereocenters. The summed E-state index contributed by atoms with van der Waals surface area (Å²) in [5.74, 6) is 0.349. The Morgan fingerprint density at radius 2 is 1.70 bits per heavy atom. The van der Waals surface area contributed by atoms with E-state index < -0.39 is 10.0 Å². The topological polar surface area (TPSA) is 79.4 Å². The molecule has 4 aromatic rings. The summed E-state index contributed by atoms with van der Waals surface area (Å²) in [6.07, 6.45) is 1.03. The third-order valence-electron chi connectivity index (χ3n) is 6.09. The average molecular weight is 480 g/mol. The number of amides is 1. The van der Waals surface area contributed by atoms with E-state index in [2.05, 4.69) is 24.1 Å². The summed E-state index contributed by atoms with van der Waals surface area (Å²) < 4.78 is 28.7. The van der Waals surface area contributed by atoms with E-state index in [1.54, 1.807) is 16.4 Å². The van der Waals surface area contributed by atoms with Gasteiger partial charge in [-0.05, 0) is 54.0 Å². The van der Waals surface area contributed by atoms with E-state index in [1.165, 1.54) is 23.5 Å². The number of thiazole rings is 1. The molecule has 0 radical (unpaired) electrons. The Kier molecular flexibility index (Phi) is 5.68. The van der Waals surface area contributed by atoms with Gasteiger partial charge < -0.3 is 0 Å². The van der Waals surface area contributed by atoms with Gasteiger partial charge in [0.05, 0.1) is 15.1 Å². The lowest BCUT2D eigenvalue weighted by molar-refractivity contribution is 0.102. The minimum atomic E-state index is -3.58. The molecule has 1 fully saturated rings. The zero-order valence-electron chi connectivity index (χ0n) is 18.5. The SMILES string of the molecule is C[C@H]1C[C@H](C)CN(S(=O)(=O)c2ccc(C(=O)Nc3nc4c(ccc5ccccc54)s3)cc2)C1. The molecule has 8 heteroatoms. The molecule has 1 N–H and O–H groups in total. The number of piperidine rings is 1. The minimum Gasteiger partial charge on any atom is -0.298 e. The highest BCUT2D eigenvalue weighted by molar-refractivity contribution is 7.89. The fourth-order valence-corrected chi connectivity index (χ4v) is 7.17. The molecule has 1 aromatic heterocycles. The summed E-state index contributed by atoms with van der Waals surface area (Å²) in [4.78, 5) is 17.6. The number of fused-ring (bicyclic) bond motifs is 3. The molecule has 3 aromatic carbocycles. The van der Waals surface area contributed by atoms with Crippen LogP contribution in [-0.2, 0) is 10.0 Å². The third kappa shape index (κ3) is 4.26. The lowest BCUT2D eigenvalue weighted by Gasteiger charge is -2.34. The summed E-state index contributed by atoms with van der Waals surface area (Å²) in [5.41, 5.74) is 1.25. The number of hydrogen-bond donors (Lipinski definition) is 1. The number of benzene rings is 3. The fourth-order valence-electron chi connectivity index (χ4n) is 4.61. The van der Waals surface area contributed by atoms with Crippen molar-refractivity contribution in [1.29, 1.82) is 0 Å². The second kappa shape index (κ2) is 8.52. The lowest BCUT2D eigenvalue weighted by Crippen LogP contribution is -2.42. The highest BCUT2D eigenvalue weighted by atomic mass is 32.2. The first-order valence-corrected chi connectivity index (χ1v) is 13.3. The smallest absolute Gasteiger partial charge is 0.257 e. The number of aromatic nitrogens is 1. The largest absolute Gasteiger partial charge is 0.298 e. The highest BCUT2D eigenvalue weighted by Gasteiger charge is 2.31. The summed E-state index contributed by atoms with van der Waals surface area (Å²) in [6.45, 7) is 5.22. The minimum absolute atomic E-state index is 0.215. The van der Waals surface area contributed by atoms with Gasteiger partial charge in [0.15, 0.2) is 5.13 Å². The van der Waals surface area contributed by atoms with E-state index in [-0.39, 0.29) is 10.8 Å². The lowest BCUT2D eigenvalue weighted by atomic mass is 9.94. The maximum atomic E-state index is 13.1. The molecule has 5 rings (SSSR count). The van der Waals surface area contributed by atoms with Crippen molar-refractivity contribution in [1.82, 2.24) is 9.29 Å². The highest BCUT2D eigenvalue weighted by Crippen LogP contribution is 2.32. The molecule has 0 saturated carbocycles. The van der Waals surface area contributed by atoms with Crippen LogP contribution in [0.15, 0.2) is 65.6 Å². The van der Waals surface area contributed by atoms with Crippen molar-refractivity contribution in [3.8, 4) is 0 Å². The maximum Gasteiger partial charge on any atom is 0.257 e. The van der Waals surface area contributed by atoms with Crippen molar-refractivity contribution >= 4 is 53.4 Å². The molecule has 6 nitrogen and oxygen atoms in total. The van der Waals surface area contributed by atoms with Crippen LogP contribution in [0.4, 0.5) is 5.13 Å². The van der Waals surface area contributed by atoms with Crippen molar-refractivity contribution in [3.63, 3.8) is 0 Å². The Morgan fingerprint density at radius 1 is 1.00 bits per heavy atom. The maximum absolute atomic E-state index is 13.1. The second-order valence-corrected chi connectivity index (χ2v) is 11.9. The number of sulfonamides is 1. The average Bonchev–Trinajstić information content (AvgIpc) is 3.21. The molecule has 170 valence electrons. The van der Waals surface area contributed by atoms with Crippen LogP contribution in [0, 0.1) is 11.8 Å². The van der Waals surface area contributed by atoms with E-state index in [0.29, 0.717) is 35.6 Å². The number of nitrogens with zero attached hydrogens (tertiary/aromatic N) is 2. The summed E-state index contributed by atoms with van der Waals surface area (Å²) in [6, 6.07) is 18.2. The first kappa shape index (κ1) is 22.0. The normalized spacial score (nSPS) is 19.7. The van der Waals surface area contributed by atoms with E-state index in [9.17, 15) is 13.2 Å². The van der Waals surface area contributed by atoms with Crippen LogP contribution < -0.4 is 5.32 Å². The number of carbonyl (C=O) groups excluding carboxylic acids is 1. The van der Waals surface area contributed by atoms with Gasteiger partial charge in [-0.1, -0.05) is 55.5 Å².